The molecule has 0 bridgehead atoms. The van der Waals surface area contributed by atoms with Crippen LogP contribution in [-0.2, 0) is 6.61 Å². The predicted octanol–water partition coefficient (Wildman–Crippen LogP) is 3.95. The van der Waals surface area contributed by atoms with Crippen molar-refractivity contribution >= 4 is 22.9 Å². The van der Waals surface area contributed by atoms with Crippen LogP contribution in [0.5, 0.6) is 5.75 Å². The van der Waals surface area contributed by atoms with Gasteiger partial charge in [0.2, 0.25) is 0 Å². The fourth-order valence-electron chi connectivity index (χ4n) is 2.72. The van der Waals surface area contributed by atoms with Crippen molar-refractivity contribution in [1.82, 2.24) is 4.90 Å². The van der Waals surface area contributed by atoms with E-state index >= 15 is 0 Å². The summed E-state index contributed by atoms with van der Waals surface area (Å²) in [5.41, 5.74) is 1.86. The maximum absolute atomic E-state index is 10.8. The Kier molecular flexibility index (Phi) is 5.05. The molecule has 0 atom stereocenters. The van der Waals surface area contributed by atoms with E-state index in [1.807, 2.05) is 30.3 Å². The topological polar surface area (TPSA) is 55.6 Å². The molecule has 6 heteroatoms. The normalized spacial score (nSPS) is 13.8. The molecule has 2 aromatic carbocycles. The number of hydrogen-bond acceptors (Lipinski definition) is 4. The van der Waals surface area contributed by atoms with Gasteiger partial charge >= 0.3 is 0 Å². The summed E-state index contributed by atoms with van der Waals surface area (Å²) in [6, 6.07) is 14.2. The number of likely N-dealkylation sites (tertiary alicyclic amines) is 1. The average molecular weight is 342 g/mol. The van der Waals surface area contributed by atoms with Crippen LogP contribution < -0.4 is 4.74 Å². The lowest BCUT2D eigenvalue weighted by atomic mass is 10.2. The van der Waals surface area contributed by atoms with E-state index in [-0.39, 0.29) is 12.3 Å². The number of ether oxygens (including phenoxy) is 1. The third-order valence-electron chi connectivity index (χ3n) is 4.02. The maximum Gasteiger partial charge on any atom is 0.269 e. The number of rotatable bonds is 5. The number of benzene rings is 2. The zero-order chi connectivity index (χ0) is 16.9. The van der Waals surface area contributed by atoms with Gasteiger partial charge < -0.3 is 9.64 Å². The molecule has 1 aliphatic rings. The van der Waals surface area contributed by atoms with Gasteiger partial charge in [0.05, 0.1) is 4.92 Å². The largest absolute Gasteiger partial charge is 0.489 e. The van der Waals surface area contributed by atoms with Crippen molar-refractivity contribution in [3.05, 3.63) is 69.8 Å². The van der Waals surface area contributed by atoms with Crippen LogP contribution in [0.1, 0.15) is 24.0 Å². The monoisotopic (exact) mass is 342 g/mol. The molecule has 0 saturated carbocycles. The van der Waals surface area contributed by atoms with Crippen LogP contribution in [0.2, 0.25) is 0 Å². The Bertz CT molecular complexity index is 740. The first-order valence-electron chi connectivity index (χ1n) is 7.89. The molecule has 1 fully saturated rings. The van der Waals surface area contributed by atoms with Crippen LogP contribution in [0.15, 0.2) is 48.5 Å². The maximum atomic E-state index is 10.8. The van der Waals surface area contributed by atoms with E-state index < -0.39 is 4.92 Å². The number of hydrogen-bond donors (Lipinski definition) is 0. The smallest absolute Gasteiger partial charge is 0.269 e. The minimum atomic E-state index is -0.405. The summed E-state index contributed by atoms with van der Waals surface area (Å²) in [6.07, 6.45) is 2.40. The van der Waals surface area contributed by atoms with Crippen molar-refractivity contribution in [2.24, 2.45) is 0 Å². The van der Waals surface area contributed by atoms with E-state index in [2.05, 4.69) is 4.90 Å². The molecule has 0 spiro atoms. The quantitative estimate of drug-likeness (QED) is 0.468. The SMILES string of the molecule is O=[N+]([O-])c1cccc(COc2ccc(C(=S)N3CCCC3)cc2)c1. The second-order valence-corrected chi connectivity index (χ2v) is 6.13. The van der Waals surface area contributed by atoms with E-state index in [1.54, 1.807) is 6.07 Å². The Morgan fingerprint density at radius 3 is 2.54 bits per heavy atom. The number of nitro groups is 1. The van der Waals surface area contributed by atoms with Gasteiger partial charge in [0.25, 0.3) is 5.69 Å². The molecular formula is C18H18N2O3S. The summed E-state index contributed by atoms with van der Waals surface area (Å²) in [4.78, 5) is 13.5. The molecule has 5 nitrogen and oxygen atoms in total. The fourth-order valence-corrected chi connectivity index (χ4v) is 3.04. The Hall–Kier alpha value is -2.47. The molecule has 0 unspecified atom stereocenters. The highest BCUT2D eigenvalue weighted by Gasteiger charge is 2.16. The molecule has 1 heterocycles. The van der Waals surface area contributed by atoms with Crippen LogP contribution in [-0.4, -0.2) is 27.9 Å². The molecule has 1 aliphatic heterocycles. The molecular weight excluding hydrogens is 324 g/mol. The first kappa shape index (κ1) is 16.4. The molecule has 24 heavy (non-hydrogen) atoms. The highest BCUT2D eigenvalue weighted by atomic mass is 32.1. The Balaban J connectivity index is 1.61. The van der Waals surface area contributed by atoms with Crippen molar-refractivity contribution < 1.29 is 9.66 Å². The summed E-state index contributed by atoms with van der Waals surface area (Å²) >= 11 is 5.52. The van der Waals surface area contributed by atoms with Crippen LogP contribution in [0.4, 0.5) is 5.69 Å². The summed E-state index contributed by atoms with van der Waals surface area (Å²) in [5.74, 6) is 0.717. The third kappa shape index (κ3) is 3.89. The molecule has 3 rings (SSSR count). The lowest BCUT2D eigenvalue weighted by molar-refractivity contribution is -0.384. The molecule has 0 aromatic heterocycles. The number of nitrogens with zero attached hydrogens (tertiary/aromatic N) is 2. The highest BCUT2D eigenvalue weighted by molar-refractivity contribution is 7.80. The second-order valence-electron chi connectivity index (χ2n) is 5.74. The van der Waals surface area contributed by atoms with E-state index in [1.165, 1.54) is 25.0 Å². The fraction of sp³-hybridized carbons (Fsp3) is 0.278. The van der Waals surface area contributed by atoms with E-state index in [4.69, 9.17) is 17.0 Å². The summed E-state index contributed by atoms with van der Waals surface area (Å²) in [7, 11) is 0. The summed E-state index contributed by atoms with van der Waals surface area (Å²) in [5, 5.41) is 10.8. The first-order chi connectivity index (χ1) is 11.6. The summed E-state index contributed by atoms with van der Waals surface area (Å²) in [6.45, 7) is 2.35. The van der Waals surface area contributed by atoms with Gasteiger partial charge in [-0.1, -0.05) is 24.4 Å². The van der Waals surface area contributed by atoms with Crippen LogP contribution in [0, 0.1) is 10.1 Å². The van der Waals surface area contributed by atoms with Crippen molar-refractivity contribution in [3.8, 4) is 5.75 Å². The molecule has 0 amide bonds. The minimum Gasteiger partial charge on any atom is -0.489 e. The molecule has 2 aromatic rings. The summed E-state index contributed by atoms with van der Waals surface area (Å²) < 4.78 is 5.71. The molecule has 124 valence electrons. The molecule has 1 saturated heterocycles. The first-order valence-corrected chi connectivity index (χ1v) is 8.30. The molecule has 0 N–H and O–H groups in total. The molecule has 0 radical (unpaired) electrons. The van der Waals surface area contributed by atoms with E-state index in [0.717, 1.165) is 35.0 Å². The lowest BCUT2D eigenvalue weighted by Gasteiger charge is -2.18. The molecule has 0 aliphatic carbocycles. The van der Waals surface area contributed by atoms with Crippen molar-refractivity contribution in [3.63, 3.8) is 0 Å². The van der Waals surface area contributed by atoms with Gasteiger partial charge in [-0.2, -0.15) is 0 Å². The number of thiocarbonyl (C=S) groups is 1. The van der Waals surface area contributed by atoms with Crippen molar-refractivity contribution in [2.75, 3.05) is 13.1 Å². The van der Waals surface area contributed by atoms with E-state index in [9.17, 15) is 10.1 Å². The zero-order valence-corrected chi connectivity index (χ0v) is 14.0. The van der Waals surface area contributed by atoms with Crippen LogP contribution in [0.25, 0.3) is 0 Å². The average Bonchev–Trinajstić information content (AvgIpc) is 3.14. The van der Waals surface area contributed by atoms with E-state index in [0.29, 0.717) is 0 Å². The zero-order valence-electron chi connectivity index (χ0n) is 13.2. The van der Waals surface area contributed by atoms with Gasteiger partial charge in [0, 0.05) is 30.8 Å². The standard InChI is InChI=1S/C18H18N2O3S/c21-20(22)16-5-3-4-14(12-16)13-23-17-8-6-15(7-9-17)18(24)19-10-1-2-11-19/h3-9,12H,1-2,10-11,13H2. The van der Waals surface area contributed by atoms with Crippen molar-refractivity contribution in [2.45, 2.75) is 19.4 Å². The third-order valence-corrected chi connectivity index (χ3v) is 4.52. The van der Waals surface area contributed by atoms with Gasteiger partial charge in [0.1, 0.15) is 17.3 Å². The lowest BCUT2D eigenvalue weighted by Crippen LogP contribution is -2.26. The van der Waals surface area contributed by atoms with Crippen molar-refractivity contribution in [1.29, 1.82) is 0 Å². The van der Waals surface area contributed by atoms with Crippen LogP contribution in [0.3, 0.4) is 0 Å². The number of non-ortho nitro benzene ring substituents is 1. The Morgan fingerprint density at radius 1 is 1.17 bits per heavy atom. The van der Waals surface area contributed by atoms with Gasteiger partial charge in [-0.3, -0.25) is 10.1 Å². The van der Waals surface area contributed by atoms with Gasteiger partial charge in [0.15, 0.2) is 0 Å². The van der Waals surface area contributed by atoms with Gasteiger partial charge in [-0.15, -0.1) is 0 Å². The highest BCUT2D eigenvalue weighted by Crippen LogP contribution is 2.19. The van der Waals surface area contributed by atoms with Gasteiger partial charge in [-0.25, -0.2) is 0 Å². The second kappa shape index (κ2) is 7.40. The Labute approximate surface area is 146 Å². The number of nitro benzene ring substituents is 1. The Morgan fingerprint density at radius 2 is 1.88 bits per heavy atom. The predicted molar refractivity (Wildman–Crippen MR) is 96.4 cm³/mol. The van der Waals surface area contributed by atoms with Crippen LogP contribution >= 0.6 is 12.2 Å². The minimum absolute atomic E-state index is 0.0717. The van der Waals surface area contributed by atoms with Gasteiger partial charge in [-0.05, 0) is 42.7 Å².